The van der Waals surface area contributed by atoms with Crippen molar-refractivity contribution in [1.29, 1.82) is 0 Å². The minimum absolute atomic E-state index is 0.102. The Morgan fingerprint density at radius 2 is 1.59 bits per heavy atom. The quantitative estimate of drug-likeness (QED) is 0.233. The average molecular weight is 585 g/mol. The predicted molar refractivity (Wildman–Crippen MR) is 162 cm³/mol. The van der Waals surface area contributed by atoms with Gasteiger partial charge in [-0.1, -0.05) is 65.0 Å². The van der Waals surface area contributed by atoms with Gasteiger partial charge < -0.3 is 21.7 Å². The van der Waals surface area contributed by atoms with Crippen molar-refractivity contribution < 1.29 is 19.2 Å². The van der Waals surface area contributed by atoms with Crippen molar-refractivity contribution >= 4 is 35.3 Å². The van der Waals surface area contributed by atoms with Gasteiger partial charge in [-0.25, -0.2) is 4.98 Å². The molecule has 0 fully saturated rings. The molecule has 1 heterocycles. The molecular formula is C30H44N6O4S. The van der Waals surface area contributed by atoms with Crippen LogP contribution in [0.3, 0.4) is 0 Å². The van der Waals surface area contributed by atoms with Crippen LogP contribution in [0.4, 0.5) is 0 Å². The first-order chi connectivity index (χ1) is 19.3. The third-order valence-corrected chi connectivity index (χ3v) is 7.62. The van der Waals surface area contributed by atoms with Crippen LogP contribution in [0.15, 0.2) is 48.9 Å². The van der Waals surface area contributed by atoms with Crippen molar-refractivity contribution in [3.63, 3.8) is 0 Å². The molecule has 0 saturated heterocycles. The van der Waals surface area contributed by atoms with Crippen LogP contribution in [0.2, 0.25) is 0 Å². The van der Waals surface area contributed by atoms with Crippen molar-refractivity contribution in [2.45, 2.75) is 88.4 Å². The zero-order chi connectivity index (χ0) is 30.6. The highest BCUT2D eigenvalue weighted by Gasteiger charge is 2.32. The largest absolute Gasteiger partial charge is 0.357 e. The lowest BCUT2D eigenvalue weighted by Crippen LogP contribution is -2.55. The lowest BCUT2D eigenvalue weighted by Gasteiger charge is -2.29. The second-order valence-electron chi connectivity index (χ2n) is 11.4. The van der Waals surface area contributed by atoms with E-state index in [1.807, 2.05) is 65.0 Å². The molecule has 0 saturated carbocycles. The Hall–Kier alpha value is -3.31. The number of carbonyl (C=O) groups is 4. The first kappa shape index (κ1) is 33.9. The zero-order valence-corrected chi connectivity index (χ0v) is 25.7. The lowest BCUT2D eigenvalue weighted by atomic mass is 10.0. The van der Waals surface area contributed by atoms with Gasteiger partial charge in [-0.15, -0.1) is 11.8 Å². The summed E-state index contributed by atoms with van der Waals surface area (Å²) >= 11 is 1.45. The molecule has 5 N–H and O–H groups in total. The van der Waals surface area contributed by atoms with Crippen LogP contribution in [-0.2, 0) is 20.8 Å². The Kier molecular flexibility index (Phi) is 13.4. The van der Waals surface area contributed by atoms with Crippen LogP contribution in [0.25, 0.3) is 0 Å². The number of aromatic nitrogens is 2. The number of benzene rings is 1. The number of hydrogen-bond donors (Lipinski definition) is 4. The van der Waals surface area contributed by atoms with Gasteiger partial charge in [0.2, 0.25) is 17.7 Å². The van der Waals surface area contributed by atoms with E-state index in [2.05, 4.69) is 25.9 Å². The van der Waals surface area contributed by atoms with Gasteiger partial charge in [0, 0.05) is 30.6 Å². The number of ketones is 1. The molecule has 2 rings (SSSR count). The highest BCUT2D eigenvalue weighted by molar-refractivity contribution is 8.01. The van der Waals surface area contributed by atoms with Crippen LogP contribution >= 0.6 is 11.8 Å². The van der Waals surface area contributed by atoms with Gasteiger partial charge in [0.05, 0.1) is 17.5 Å². The van der Waals surface area contributed by atoms with Gasteiger partial charge >= 0.3 is 0 Å². The van der Waals surface area contributed by atoms with Crippen LogP contribution in [0.5, 0.6) is 0 Å². The maximum absolute atomic E-state index is 13.6. The number of likely N-dealkylation sites (N-methyl/N-ethyl adjacent to an activating group) is 1. The molecular weight excluding hydrogens is 540 g/mol. The number of hydrogen-bond acceptors (Lipinski definition) is 8. The molecule has 224 valence electrons. The molecule has 0 aliphatic carbocycles. The van der Waals surface area contributed by atoms with E-state index in [-0.39, 0.29) is 40.4 Å². The number of thioether (sulfide) groups is 1. The fourth-order valence-electron chi connectivity index (χ4n) is 4.22. The van der Waals surface area contributed by atoms with Crippen LogP contribution in [0.1, 0.15) is 69.9 Å². The van der Waals surface area contributed by atoms with Crippen LogP contribution < -0.4 is 21.7 Å². The van der Waals surface area contributed by atoms with Crippen molar-refractivity contribution in [1.82, 2.24) is 25.9 Å². The molecule has 0 spiro atoms. The maximum Gasteiger partial charge on any atom is 0.243 e. The SMILES string of the molecule is CNC(=O)[C@H](Cc1ccccc1)NC(=O)[C@H](CC(C)C)NC(=O)C(CCC(N)C(=O)c1cnccn1)SC(C)(C)C. The molecule has 1 aromatic carbocycles. The van der Waals surface area contributed by atoms with Crippen LogP contribution in [0, 0.1) is 5.92 Å². The smallest absolute Gasteiger partial charge is 0.243 e. The van der Waals surface area contributed by atoms with Crippen LogP contribution in [-0.4, -0.2) is 68.6 Å². The first-order valence-corrected chi connectivity index (χ1v) is 14.8. The summed E-state index contributed by atoms with van der Waals surface area (Å²) in [5.74, 6) is -1.30. The van der Waals surface area contributed by atoms with Crippen molar-refractivity contribution in [2.75, 3.05) is 7.05 Å². The van der Waals surface area contributed by atoms with Gasteiger partial charge in [0.1, 0.15) is 17.8 Å². The fraction of sp³-hybridized carbons (Fsp3) is 0.533. The monoisotopic (exact) mass is 584 g/mol. The van der Waals surface area contributed by atoms with Crippen molar-refractivity contribution in [2.24, 2.45) is 11.7 Å². The summed E-state index contributed by atoms with van der Waals surface area (Å²) in [4.78, 5) is 60.3. The molecule has 1 aromatic heterocycles. The average Bonchev–Trinajstić information content (AvgIpc) is 2.93. The molecule has 0 aliphatic heterocycles. The second kappa shape index (κ2) is 16.2. The summed E-state index contributed by atoms with van der Waals surface area (Å²) in [6.07, 6.45) is 5.56. The Balaban J connectivity index is 2.16. The number of nitrogens with two attached hydrogens (primary N) is 1. The zero-order valence-electron chi connectivity index (χ0n) is 24.8. The third kappa shape index (κ3) is 12.0. The summed E-state index contributed by atoms with van der Waals surface area (Å²) < 4.78 is -0.267. The minimum atomic E-state index is -0.844. The van der Waals surface area contributed by atoms with Gasteiger partial charge in [-0.2, -0.15) is 0 Å². The number of amides is 3. The minimum Gasteiger partial charge on any atom is -0.357 e. The summed E-state index contributed by atoms with van der Waals surface area (Å²) in [6.45, 7) is 9.92. The van der Waals surface area contributed by atoms with E-state index in [4.69, 9.17) is 5.73 Å². The predicted octanol–water partition coefficient (Wildman–Crippen LogP) is 2.67. The van der Waals surface area contributed by atoms with Gasteiger partial charge in [0.15, 0.2) is 5.78 Å². The first-order valence-electron chi connectivity index (χ1n) is 13.9. The number of nitrogens with one attached hydrogen (secondary N) is 3. The Bertz CT molecular complexity index is 1140. The Morgan fingerprint density at radius 1 is 0.927 bits per heavy atom. The van der Waals surface area contributed by atoms with E-state index in [9.17, 15) is 19.2 Å². The summed E-state index contributed by atoms with van der Waals surface area (Å²) in [6, 6.07) is 6.93. The molecule has 0 aliphatic rings. The van der Waals surface area contributed by atoms with Crippen molar-refractivity contribution in [3.8, 4) is 0 Å². The molecule has 2 aromatic rings. The standard InChI is InChI=1S/C30H44N6O4S/c1-19(2)16-22(28(39)35-23(27(38)32-6)17-20-10-8-7-9-11-20)36-29(40)25(41-30(3,4)5)13-12-21(31)26(37)24-18-33-14-15-34-24/h7-11,14-15,18-19,21-23,25H,12-13,16-17,31H2,1-6H3,(H,32,38)(H,35,39)(H,36,40)/t21?,22-,23-,25?/m0/s1. The van der Waals surface area contributed by atoms with Gasteiger partial charge in [-0.3, -0.25) is 24.2 Å². The Labute approximate surface area is 247 Å². The second-order valence-corrected chi connectivity index (χ2v) is 13.4. The Morgan fingerprint density at radius 3 is 2.15 bits per heavy atom. The number of Topliss-reactive ketones (excluding diaryl/α,β-unsaturated/α-hetero) is 1. The molecule has 0 radical (unpaired) electrons. The number of rotatable bonds is 15. The number of nitrogens with zero attached hydrogens (tertiary/aromatic N) is 2. The highest BCUT2D eigenvalue weighted by Crippen LogP contribution is 2.31. The molecule has 11 heteroatoms. The van der Waals surface area contributed by atoms with Crippen molar-refractivity contribution in [3.05, 3.63) is 60.2 Å². The highest BCUT2D eigenvalue weighted by atomic mass is 32.2. The van der Waals surface area contributed by atoms with Gasteiger partial charge in [-0.05, 0) is 30.7 Å². The van der Waals surface area contributed by atoms with E-state index < -0.39 is 29.3 Å². The van der Waals surface area contributed by atoms with E-state index in [0.29, 0.717) is 19.3 Å². The molecule has 3 amide bonds. The molecule has 4 atom stereocenters. The van der Waals surface area contributed by atoms with E-state index >= 15 is 0 Å². The van der Waals surface area contributed by atoms with E-state index in [1.165, 1.54) is 37.4 Å². The summed E-state index contributed by atoms with van der Waals surface area (Å²) in [5, 5.41) is 7.83. The molecule has 41 heavy (non-hydrogen) atoms. The lowest BCUT2D eigenvalue weighted by molar-refractivity contribution is -0.132. The molecule has 10 nitrogen and oxygen atoms in total. The maximum atomic E-state index is 13.6. The van der Waals surface area contributed by atoms with E-state index in [0.717, 1.165) is 5.56 Å². The fourth-order valence-corrected chi connectivity index (χ4v) is 5.50. The molecule has 2 unspecified atom stereocenters. The summed E-state index contributed by atoms with van der Waals surface area (Å²) in [7, 11) is 1.52. The topological polar surface area (TPSA) is 156 Å². The van der Waals surface area contributed by atoms with E-state index in [1.54, 1.807) is 0 Å². The normalized spacial score (nSPS) is 14.4. The third-order valence-electron chi connectivity index (χ3n) is 6.18. The van der Waals surface area contributed by atoms with Gasteiger partial charge in [0.25, 0.3) is 0 Å². The number of carbonyl (C=O) groups excluding carboxylic acids is 4. The molecule has 0 bridgehead atoms. The summed E-state index contributed by atoms with van der Waals surface area (Å²) in [5.41, 5.74) is 7.26.